The minimum Gasteiger partial charge on any atom is -0.497 e. The number of hydrogen-bond acceptors (Lipinski definition) is 3. The lowest BCUT2D eigenvalue weighted by atomic mass is 10.1. The van der Waals surface area contributed by atoms with E-state index in [1.165, 1.54) is 0 Å². The largest absolute Gasteiger partial charge is 0.497 e. The summed E-state index contributed by atoms with van der Waals surface area (Å²) in [5.41, 5.74) is 1.63. The zero-order chi connectivity index (χ0) is 17.6. The van der Waals surface area contributed by atoms with E-state index in [0.29, 0.717) is 0 Å². The molecule has 24 heavy (non-hydrogen) atoms. The lowest BCUT2D eigenvalue weighted by molar-refractivity contribution is 0.0286. The highest BCUT2D eigenvalue weighted by Gasteiger charge is 2.26. The number of methoxy groups -OCH3 is 1. The summed E-state index contributed by atoms with van der Waals surface area (Å²) in [4.78, 5) is 14.1. The van der Waals surface area contributed by atoms with E-state index in [4.69, 9.17) is 9.47 Å². The van der Waals surface area contributed by atoms with Gasteiger partial charge in [0, 0.05) is 12.2 Å². The van der Waals surface area contributed by atoms with E-state index >= 15 is 0 Å². The van der Waals surface area contributed by atoms with Crippen LogP contribution < -0.4 is 4.74 Å². The van der Waals surface area contributed by atoms with Crippen molar-refractivity contribution in [3.63, 3.8) is 0 Å². The van der Waals surface area contributed by atoms with Gasteiger partial charge >= 0.3 is 6.09 Å². The van der Waals surface area contributed by atoms with Gasteiger partial charge in [-0.1, -0.05) is 24.3 Å². The van der Waals surface area contributed by atoms with Crippen molar-refractivity contribution in [3.05, 3.63) is 47.7 Å². The van der Waals surface area contributed by atoms with E-state index in [9.17, 15) is 4.79 Å². The van der Waals surface area contributed by atoms with Crippen LogP contribution in [0.4, 0.5) is 4.79 Å². The second kappa shape index (κ2) is 8.04. The highest BCUT2D eigenvalue weighted by molar-refractivity contribution is 5.71. The van der Waals surface area contributed by atoms with Gasteiger partial charge in [0.1, 0.15) is 11.4 Å². The second-order valence-corrected chi connectivity index (χ2v) is 6.88. The molecule has 0 aromatic heterocycles. The van der Waals surface area contributed by atoms with Crippen molar-refractivity contribution in [2.75, 3.05) is 13.7 Å². The number of rotatable bonds is 3. The predicted octanol–water partition coefficient (Wildman–Crippen LogP) is 5.01. The summed E-state index contributed by atoms with van der Waals surface area (Å²) in [6.45, 7) is 6.39. The molecule has 1 aliphatic rings. The first-order valence-corrected chi connectivity index (χ1v) is 8.41. The highest BCUT2D eigenvalue weighted by atomic mass is 16.6. The first kappa shape index (κ1) is 18.1. The molecule has 0 unspecified atom stereocenters. The molecule has 0 radical (unpaired) electrons. The molecule has 0 atom stereocenters. The Balaban J connectivity index is 2.06. The van der Waals surface area contributed by atoms with Crippen molar-refractivity contribution in [3.8, 4) is 5.75 Å². The number of nitrogens with zero attached hydrogens (tertiary/aromatic N) is 1. The quantitative estimate of drug-likeness (QED) is 0.782. The van der Waals surface area contributed by atoms with Crippen molar-refractivity contribution in [2.45, 2.75) is 45.6 Å². The Morgan fingerprint density at radius 1 is 1.17 bits per heavy atom. The third-order valence-electron chi connectivity index (χ3n) is 3.72. The molecule has 4 nitrogen and oxygen atoms in total. The van der Waals surface area contributed by atoms with Crippen LogP contribution in [0, 0.1) is 0 Å². The molecule has 1 amide bonds. The molecule has 1 aliphatic heterocycles. The average Bonchev–Trinajstić information content (AvgIpc) is 2.54. The Labute approximate surface area is 144 Å². The molecule has 0 spiro atoms. The summed E-state index contributed by atoms with van der Waals surface area (Å²) < 4.78 is 10.7. The van der Waals surface area contributed by atoms with Gasteiger partial charge in [-0.3, -0.25) is 4.90 Å². The average molecular weight is 329 g/mol. The van der Waals surface area contributed by atoms with Crippen molar-refractivity contribution >= 4 is 12.2 Å². The summed E-state index contributed by atoms with van der Waals surface area (Å²) in [7, 11) is 1.66. The van der Waals surface area contributed by atoms with Gasteiger partial charge in [-0.15, -0.1) is 0 Å². The number of allylic oxidation sites excluding steroid dienone is 3. The molecule has 0 saturated carbocycles. The van der Waals surface area contributed by atoms with E-state index in [1.54, 1.807) is 12.0 Å². The van der Waals surface area contributed by atoms with E-state index in [0.717, 1.165) is 42.8 Å². The van der Waals surface area contributed by atoms with Gasteiger partial charge in [-0.25, -0.2) is 4.79 Å². The minimum absolute atomic E-state index is 0.258. The Hall–Kier alpha value is -2.23. The zero-order valence-electron chi connectivity index (χ0n) is 15.0. The summed E-state index contributed by atoms with van der Waals surface area (Å²) >= 11 is 0. The molecule has 1 saturated heterocycles. The fourth-order valence-electron chi connectivity index (χ4n) is 2.54. The van der Waals surface area contributed by atoms with Crippen LogP contribution in [0.15, 0.2) is 42.1 Å². The SMILES string of the molecule is COc1ccc(/C=C/C=C2\CCCCN2C(=O)OC(C)(C)C)cc1. The third kappa shape index (κ3) is 5.44. The number of carbonyl (C=O) groups excluding carboxylic acids is 1. The van der Waals surface area contributed by atoms with Crippen LogP contribution in [-0.4, -0.2) is 30.2 Å². The van der Waals surface area contributed by atoms with Crippen LogP contribution in [-0.2, 0) is 4.74 Å². The maximum Gasteiger partial charge on any atom is 0.414 e. The fraction of sp³-hybridized carbons (Fsp3) is 0.450. The molecule has 0 bridgehead atoms. The molecule has 2 rings (SSSR count). The minimum atomic E-state index is -0.474. The normalized spacial score (nSPS) is 17.3. The van der Waals surface area contributed by atoms with E-state index in [-0.39, 0.29) is 6.09 Å². The van der Waals surface area contributed by atoms with Gasteiger partial charge in [0.05, 0.1) is 7.11 Å². The van der Waals surface area contributed by atoms with E-state index in [2.05, 4.69) is 0 Å². The fourth-order valence-corrected chi connectivity index (χ4v) is 2.54. The lowest BCUT2D eigenvalue weighted by Gasteiger charge is -2.31. The number of amides is 1. The lowest BCUT2D eigenvalue weighted by Crippen LogP contribution is -2.38. The van der Waals surface area contributed by atoms with Gasteiger partial charge in [0.25, 0.3) is 0 Å². The van der Waals surface area contributed by atoms with Crippen molar-refractivity contribution in [2.24, 2.45) is 0 Å². The summed E-state index contributed by atoms with van der Waals surface area (Å²) in [5.74, 6) is 0.842. The van der Waals surface area contributed by atoms with Crippen LogP contribution in [0.1, 0.15) is 45.6 Å². The predicted molar refractivity (Wildman–Crippen MR) is 96.9 cm³/mol. The first-order valence-electron chi connectivity index (χ1n) is 8.41. The molecule has 0 aliphatic carbocycles. The van der Waals surface area contributed by atoms with Crippen LogP contribution in [0.5, 0.6) is 5.75 Å². The summed E-state index contributed by atoms with van der Waals surface area (Å²) in [6.07, 6.45) is 8.76. The van der Waals surface area contributed by atoms with Crippen LogP contribution >= 0.6 is 0 Å². The summed E-state index contributed by atoms with van der Waals surface area (Å²) in [6, 6.07) is 7.86. The standard InChI is InChI=1S/C20H27NO3/c1-20(2,3)24-19(22)21-15-6-5-9-17(21)10-7-8-16-11-13-18(23-4)14-12-16/h7-8,10-14H,5-6,9,15H2,1-4H3/b8-7+,17-10+. The van der Waals surface area contributed by atoms with Crippen molar-refractivity contribution in [1.82, 2.24) is 4.90 Å². The van der Waals surface area contributed by atoms with Crippen LogP contribution in [0.25, 0.3) is 6.08 Å². The Morgan fingerprint density at radius 3 is 2.50 bits per heavy atom. The molecule has 1 fully saturated rings. The maximum absolute atomic E-state index is 12.4. The molecule has 1 aromatic carbocycles. The highest BCUT2D eigenvalue weighted by Crippen LogP contribution is 2.23. The van der Waals surface area contributed by atoms with Gasteiger partial charge in [0.2, 0.25) is 0 Å². The van der Waals surface area contributed by atoms with Crippen molar-refractivity contribution in [1.29, 1.82) is 0 Å². The molecule has 1 aromatic rings. The molecule has 130 valence electrons. The second-order valence-electron chi connectivity index (χ2n) is 6.88. The monoisotopic (exact) mass is 329 g/mol. The third-order valence-corrected chi connectivity index (χ3v) is 3.72. The number of piperidine rings is 1. The Morgan fingerprint density at radius 2 is 1.88 bits per heavy atom. The maximum atomic E-state index is 12.4. The molecule has 0 N–H and O–H groups in total. The topological polar surface area (TPSA) is 38.8 Å². The number of hydrogen-bond donors (Lipinski definition) is 0. The molecule has 4 heteroatoms. The van der Waals surface area contributed by atoms with Crippen LogP contribution in [0.3, 0.4) is 0 Å². The van der Waals surface area contributed by atoms with E-state index in [1.807, 2.05) is 63.3 Å². The molecular formula is C20H27NO3. The summed E-state index contributed by atoms with van der Waals surface area (Å²) in [5, 5.41) is 0. The Bertz CT molecular complexity index is 609. The number of ether oxygens (including phenoxy) is 2. The van der Waals surface area contributed by atoms with Crippen LogP contribution in [0.2, 0.25) is 0 Å². The number of likely N-dealkylation sites (tertiary alicyclic amines) is 1. The molecular weight excluding hydrogens is 302 g/mol. The Kier molecular flexibility index (Phi) is 6.07. The van der Waals surface area contributed by atoms with Gasteiger partial charge in [0.15, 0.2) is 0 Å². The number of benzene rings is 1. The van der Waals surface area contributed by atoms with E-state index < -0.39 is 5.60 Å². The smallest absolute Gasteiger partial charge is 0.414 e. The molecule has 1 heterocycles. The zero-order valence-corrected chi connectivity index (χ0v) is 15.0. The van der Waals surface area contributed by atoms with Gasteiger partial charge in [-0.05, 0) is 63.8 Å². The van der Waals surface area contributed by atoms with Gasteiger partial charge in [-0.2, -0.15) is 0 Å². The van der Waals surface area contributed by atoms with Crippen molar-refractivity contribution < 1.29 is 14.3 Å². The first-order chi connectivity index (χ1) is 11.4. The van der Waals surface area contributed by atoms with Gasteiger partial charge < -0.3 is 9.47 Å². The number of carbonyl (C=O) groups is 1.